The third-order valence-corrected chi connectivity index (χ3v) is 8.46. The molecule has 0 aliphatic carbocycles. The van der Waals surface area contributed by atoms with Gasteiger partial charge in [0.2, 0.25) is 0 Å². The zero-order valence-electron chi connectivity index (χ0n) is 35.9. The highest BCUT2D eigenvalue weighted by Crippen LogP contribution is 2.35. The van der Waals surface area contributed by atoms with Crippen molar-refractivity contribution in [1.29, 1.82) is 0 Å². The summed E-state index contributed by atoms with van der Waals surface area (Å²) in [6, 6.07) is 7.30. The van der Waals surface area contributed by atoms with Gasteiger partial charge in [-0.3, -0.25) is 9.59 Å². The first-order valence-corrected chi connectivity index (χ1v) is 20.1. The highest BCUT2D eigenvalue weighted by atomic mass is 16.5. The second-order valence-electron chi connectivity index (χ2n) is 14.7. The Bertz CT molecular complexity index is 1260. The summed E-state index contributed by atoms with van der Waals surface area (Å²) >= 11 is 0. The molecule has 59 heavy (non-hydrogen) atoms. The summed E-state index contributed by atoms with van der Waals surface area (Å²) in [7, 11) is 1.48. The molecule has 2 atom stereocenters. The zero-order chi connectivity index (χ0) is 42.9. The number of phenolic OH excluding ortho intramolecular Hbond substituents is 4. The molecule has 0 bridgehead atoms. The van der Waals surface area contributed by atoms with E-state index in [2.05, 4.69) is 62.8 Å². The van der Waals surface area contributed by atoms with E-state index in [1.807, 2.05) is 0 Å². The van der Waals surface area contributed by atoms with Crippen LogP contribution in [-0.4, -0.2) is 104 Å². The third kappa shape index (κ3) is 38.2. The van der Waals surface area contributed by atoms with Gasteiger partial charge in [-0.05, 0) is 80.3 Å². The number of methoxy groups -OCH3 is 1. The molecule has 2 aliphatic rings. The van der Waals surface area contributed by atoms with Crippen LogP contribution in [0.25, 0.3) is 6.08 Å². The number of aromatic hydroxyl groups is 4. The van der Waals surface area contributed by atoms with Gasteiger partial charge in [-0.25, -0.2) is 0 Å². The Kier molecular flexibility index (Phi) is 44.8. The Morgan fingerprint density at radius 1 is 0.712 bits per heavy atom. The minimum Gasteiger partial charge on any atom is -0.504 e. The lowest BCUT2D eigenvalue weighted by Gasteiger charge is -2.11. The van der Waals surface area contributed by atoms with E-state index in [9.17, 15) is 14.7 Å². The van der Waals surface area contributed by atoms with Crippen molar-refractivity contribution in [3.8, 4) is 28.7 Å². The molecule has 0 amide bonds. The molecule has 2 aromatic carbocycles. The molecule has 0 saturated carbocycles. The SMILES string of the molecule is C.C.C.C1CNCCN1.C1CNCCN1.CC(=O)c1cc(O)c(O)c(O)c1.CC(C)CCC(N)CN.CCC(C)CCC(C)C.COc1cc(/C=C/C(C)=O)ccc1O. The fraction of sp³-hybridized carbons (Fsp3) is 0.652. The summed E-state index contributed by atoms with van der Waals surface area (Å²) in [5, 5.41) is 49.0. The molecule has 0 radical (unpaired) electrons. The Morgan fingerprint density at radius 3 is 1.46 bits per heavy atom. The molecule has 0 aromatic heterocycles. The summed E-state index contributed by atoms with van der Waals surface area (Å²) in [4.78, 5) is 21.4. The molecular formula is C46H90N6O7. The number of carbonyl (C=O) groups excluding carboxylic acids is 2. The lowest BCUT2D eigenvalue weighted by molar-refractivity contribution is -0.112. The van der Waals surface area contributed by atoms with Crippen molar-refractivity contribution in [2.24, 2.45) is 29.2 Å². The van der Waals surface area contributed by atoms with Crippen LogP contribution in [0.5, 0.6) is 28.7 Å². The van der Waals surface area contributed by atoms with Gasteiger partial charge in [-0.2, -0.15) is 0 Å². The molecule has 2 aromatic rings. The summed E-state index contributed by atoms with van der Waals surface area (Å²) < 4.78 is 4.92. The maximum Gasteiger partial charge on any atom is 0.200 e. The van der Waals surface area contributed by atoms with Crippen LogP contribution < -0.4 is 37.5 Å². The number of hydrogen-bond acceptors (Lipinski definition) is 13. The van der Waals surface area contributed by atoms with Crippen LogP contribution in [0.1, 0.15) is 126 Å². The van der Waals surface area contributed by atoms with Crippen molar-refractivity contribution in [3.05, 3.63) is 47.5 Å². The van der Waals surface area contributed by atoms with Crippen molar-refractivity contribution in [2.75, 3.05) is 66.0 Å². The molecule has 13 heteroatoms. The van der Waals surface area contributed by atoms with Crippen LogP contribution in [-0.2, 0) is 4.79 Å². The monoisotopic (exact) mass is 839 g/mol. The summed E-state index contributed by atoms with van der Waals surface area (Å²) in [6.07, 6.45) is 9.54. The lowest BCUT2D eigenvalue weighted by atomic mass is 9.98. The first kappa shape index (κ1) is 64.4. The highest BCUT2D eigenvalue weighted by Gasteiger charge is 2.10. The Morgan fingerprint density at radius 2 is 1.14 bits per heavy atom. The largest absolute Gasteiger partial charge is 0.504 e. The molecule has 2 unspecified atom stereocenters. The van der Waals surface area contributed by atoms with Crippen LogP contribution >= 0.6 is 0 Å². The van der Waals surface area contributed by atoms with Gasteiger partial charge >= 0.3 is 0 Å². The fourth-order valence-corrected chi connectivity index (χ4v) is 4.51. The Hall–Kier alpha value is -3.72. The van der Waals surface area contributed by atoms with Crippen molar-refractivity contribution >= 4 is 17.6 Å². The van der Waals surface area contributed by atoms with E-state index < -0.39 is 17.2 Å². The number of ether oxygens (including phenoxy) is 1. The minimum absolute atomic E-state index is 0. The van der Waals surface area contributed by atoms with Gasteiger partial charge in [-0.1, -0.05) is 95.2 Å². The molecular weight excluding hydrogens is 749 g/mol. The summed E-state index contributed by atoms with van der Waals surface area (Å²) in [5.41, 5.74) is 11.9. The average Bonchev–Trinajstić information content (AvgIpc) is 3.20. The maximum absolute atomic E-state index is 10.8. The number of carbonyl (C=O) groups is 2. The van der Waals surface area contributed by atoms with E-state index in [0.29, 0.717) is 12.3 Å². The maximum atomic E-state index is 10.8. The Balaban J connectivity index is -0.000000200. The smallest absolute Gasteiger partial charge is 0.200 e. The molecule has 12 N–H and O–H groups in total. The number of piperazine rings is 2. The first-order valence-electron chi connectivity index (χ1n) is 20.1. The molecule has 2 aliphatic heterocycles. The fourth-order valence-electron chi connectivity index (χ4n) is 4.51. The summed E-state index contributed by atoms with van der Waals surface area (Å²) in [5.74, 6) is 1.15. The van der Waals surface area contributed by atoms with Gasteiger partial charge in [0.15, 0.2) is 40.3 Å². The number of phenols is 4. The minimum atomic E-state index is -0.611. The van der Waals surface area contributed by atoms with E-state index in [1.54, 1.807) is 18.2 Å². The van der Waals surface area contributed by atoms with Crippen molar-refractivity contribution in [3.63, 3.8) is 0 Å². The van der Waals surface area contributed by atoms with E-state index >= 15 is 0 Å². The van der Waals surface area contributed by atoms with Gasteiger partial charge < -0.3 is 57.9 Å². The zero-order valence-corrected chi connectivity index (χ0v) is 35.9. The van der Waals surface area contributed by atoms with Crippen LogP contribution in [0, 0.1) is 17.8 Å². The standard InChI is InChI=1S/C11H12O3.C9H20.C8H8O4.C7H18N2.2C4H10N2.3CH4/c1-8(12)3-4-9-5-6-10(13)11(7-9)14-2;1-5-9(4)7-6-8(2)3;1-4(9)5-2-6(10)8(12)7(11)3-5;1-6(2)3-4-7(9)5-8;2*1-2-6-4-3-5-1;;;/h3-7,13H,1-2H3;8-9H,5-7H2,1-4H3;2-3,10-12H,1H3;6-7H,3-5,8-9H2,1-2H3;2*5-6H,1-4H2;3*1H4/b4-3+;;;;;;;;. The predicted octanol–water partition coefficient (Wildman–Crippen LogP) is 7.45. The summed E-state index contributed by atoms with van der Waals surface area (Å²) in [6.45, 7) is 26.1. The second kappa shape index (κ2) is 41.0. The molecule has 346 valence electrons. The first-order chi connectivity index (χ1) is 26.5. The average molecular weight is 839 g/mol. The van der Waals surface area contributed by atoms with Crippen LogP contribution in [0.2, 0.25) is 0 Å². The molecule has 4 rings (SSSR count). The number of benzene rings is 2. The molecule has 2 saturated heterocycles. The van der Waals surface area contributed by atoms with E-state index in [0.717, 1.165) is 94.2 Å². The van der Waals surface area contributed by atoms with Gasteiger partial charge in [0.1, 0.15) is 0 Å². The molecule has 2 heterocycles. The molecule has 2 fully saturated rings. The van der Waals surface area contributed by atoms with Crippen molar-refractivity contribution < 1.29 is 34.8 Å². The number of nitrogens with two attached hydrogens (primary N) is 2. The predicted molar refractivity (Wildman–Crippen MR) is 252 cm³/mol. The van der Waals surface area contributed by atoms with E-state index in [1.165, 1.54) is 58.8 Å². The van der Waals surface area contributed by atoms with Crippen LogP contribution in [0.3, 0.4) is 0 Å². The van der Waals surface area contributed by atoms with Crippen LogP contribution in [0.4, 0.5) is 0 Å². The van der Waals surface area contributed by atoms with Gasteiger partial charge in [-0.15, -0.1) is 0 Å². The molecule has 0 spiro atoms. The van der Waals surface area contributed by atoms with Crippen LogP contribution in [0.15, 0.2) is 36.4 Å². The second-order valence-corrected chi connectivity index (χ2v) is 14.7. The lowest BCUT2D eigenvalue weighted by Crippen LogP contribution is -2.39. The highest BCUT2D eigenvalue weighted by molar-refractivity contribution is 5.95. The number of allylic oxidation sites excluding steroid dienone is 1. The third-order valence-electron chi connectivity index (χ3n) is 8.46. The topological polar surface area (TPSA) is 224 Å². The van der Waals surface area contributed by atoms with Gasteiger partial charge in [0, 0.05) is 70.5 Å². The number of ketones is 2. The van der Waals surface area contributed by atoms with Crippen molar-refractivity contribution in [1.82, 2.24) is 21.3 Å². The van der Waals surface area contributed by atoms with E-state index in [4.69, 9.17) is 31.5 Å². The Labute approximate surface area is 360 Å². The van der Waals surface area contributed by atoms with Gasteiger partial charge in [0.05, 0.1) is 7.11 Å². The number of Topliss-reactive ketones (excluding diaryl/α,β-unsaturated/α-hetero) is 1. The quantitative estimate of drug-likeness (QED) is 0.0570. The van der Waals surface area contributed by atoms with Crippen molar-refractivity contribution in [2.45, 2.75) is 116 Å². The van der Waals surface area contributed by atoms with Gasteiger partial charge in [0.25, 0.3) is 0 Å². The number of hydrogen-bond donors (Lipinski definition) is 10. The molecule has 13 nitrogen and oxygen atoms in total. The van der Waals surface area contributed by atoms with E-state index in [-0.39, 0.29) is 51.2 Å². The number of nitrogens with one attached hydrogen (secondary N) is 4. The normalized spacial score (nSPS) is 13.7. The number of rotatable bonds is 12.